The van der Waals surface area contributed by atoms with Crippen LogP contribution in [0.2, 0.25) is 0 Å². The third-order valence-corrected chi connectivity index (χ3v) is 4.05. The normalized spacial score (nSPS) is 10.9. The van der Waals surface area contributed by atoms with Gasteiger partial charge in [0.25, 0.3) is 5.69 Å². The van der Waals surface area contributed by atoms with E-state index >= 15 is 0 Å². The number of amides is 1. The van der Waals surface area contributed by atoms with Crippen molar-refractivity contribution >= 4 is 35.5 Å². The van der Waals surface area contributed by atoms with Crippen LogP contribution in [-0.4, -0.2) is 27.9 Å². The van der Waals surface area contributed by atoms with E-state index in [1.54, 1.807) is 0 Å². The Morgan fingerprint density at radius 1 is 1.00 bits per heavy atom. The van der Waals surface area contributed by atoms with Crippen LogP contribution in [-0.2, 0) is 4.79 Å². The SMILES string of the molecule is O=C(/C=C/c1ccc([N+](=O)[O-])cc1)Oc1c(/C=N/NC(=O)c2ccco2)cccc1[N+](=O)[O-]. The first-order valence-corrected chi connectivity index (χ1v) is 9.14. The number of hydrogen-bond acceptors (Lipinski definition) is 9. The molecule has 0 unspecified atom stereocenters. The first-order chi connectivity index (χ1) is 15.8. The summed E-state index contributed by atoms with van der Waals surface area (Å²) in [5.74, 6) is -1.95. The van der Waals surface area contributed by atoms with E-state index < -0.39 is 27.4 Å². The molecule has 0 aliphatic heterocycles. The van der Waals surface area contributed by atoms with Crippen molar-refractivity contribution in [2.75, 3.05) is 0 Å². The highest BCUT2D eigenvalue weighted by Gasteiger charge is 2.20. The van der Waals surface area contributed by atoms with Crippen molar-refractivity contribution in [2.45, 2.75) is 0 Å². The number of ether oxygens (including phenoxy) is 1. The summed E-state index contributed by atoms with van der Waals surface area (Å²) >= 11 is 0. The molecule has 0 spiro atoms. The molecule has 1 amide bonds. The summed E-state index contributed by atoms with van der Waals surface area (Å²) in [4.78, 5) is 44.9. The Morgan fingerprint density at radius 3 is 2.39 bits per heavy atom. The molecule has 12 heteroatoms. The lowest BCUT2D eigenvalue weighted by Gasteiger charge is -2.06. The molecule has 0 atom stereocenters. The highest BCUT2D eigenvalue weighted by Crippen LogP contribution is 2.30. The van der Waals surface area contributed by atoms with Gasteiger partial charge in [-0.3, -0.25) is 25.0 Å². The molecule has 3 rings (SSSR count). The van der Waals surface area contributed by atoms with Crippen LogP contribution in [0.1, 0.15) is 21.7 Å². The zero-order chi connectivity index (χ0) is 23.8. The standard InChI is InChI=1S/C21H14N4O8/c26-19(11-8-14-6-9-16(10-7-14)24(28)29)33-20-15(3-1-4-17(20)25(30)31)13-22-23-21(27)18-5-2-12-32-18/h1-13H,(H,23,27)/b11-8+,22-13+. The third kappa shape index (κ3) is 5.95. The maximum Gasteiger partial charge on any atom is 0.336 e. The number of nitrogens with one attached hydrogen (secondary N) is 1. The lowest BCUT2D eigenvalue weighted by molar-refractivity contribution is -0.385. The number of nitro groups is 2. The Labute approximate surface area is 185 Å². The summed E-state index contributed by atoms with van der Waals surface area (Å²) < 4.78 is 10.1. The highest BCUT2D eigenvalue weighted by atomic mass is 16.6. The summed E-state index contributed by atoms with van der Waals surface area (Å²) in [7, 11) is 0. The number of carbonyl (C=O) groups excluding carboxylic acids is 2. The molecule has 1 N–H and O–H groups in total. The fraction of sp³-hybridized carbons (Fsp3) is 0. The molecule has 0 radical (unpaired) electrons. The second-order valence-electron chi connectivity index (χ2n) is 6.23. The summed E-state index contributed by atoms with van der Waals surface area (Å²) in [5, 5.41) is 25.8. The van der Waals surface area contributed by atoms with Gasteiger partial charge in [-0.2, -0.15) is 5.10 Å². The molecule has 0 saturated heterocycles. The van der Waals surface area contributed by atoms with Gasteiger partial charge < -0.3 is 9.15 Å². The number of nitro benzene ring substituents is 2. The van der Waals surface area contributed by atoms with E-state index in [4.69, 9.17) is 9.15 Å². The van der Waals surface area contributed by atoms with Gasteiger partial charge in [0, 0.05) is 29.8 Å². The van der Waals surface area contributed by atoms with Crippen LogP contribution in [0.5, 0.6) is 5.75 Å². The van der Waals surface area contributed by atoms with E-state index in [1.807, 2.05) is 0 Å². The van der Waals surface area contributed by atoms with Crippen LogP contribution in [0.4, 0.5) is 11.4 Å². The number of non-ortho nitro benzene ring substituents is 1. The number of hydrogen-bond donors (Lipinski definition) is 1. The van der Waals surface area contributed by atoms with Crippen LogP contribution < -0.4 is 10.2 Å². The zero-order valence-electron chi connectivity index (χ0n) is 16.6. The number of carbonyl (C=O) groups is 2. The molecule has 0 saturated carbocycles. The zero-order valence-corrected chi connectivity index (χ0v) is 16.6. The summed E-state index contributed by atoms with van der Waals surface area (Å²) in [5.41, 5.74) is 2.11. The molecular formula is C21H14N4O8. The summed E-state index contributed by atoms with van der Waals surface area (Å²) in [6, 6.07) is 12.2. The van der Waals surface area contributed by atoms with Crippen molar-refractivity contribution in [3.63, 3.8) is 0 Å². The van der Waals surface area contributed by atoms with E-state index in [-0.39, 0.29) is 22.8 Å². The maximum absolute atomic E-state index is 12.3. The molecule has 3 aromatic rings. The van der Waals surface area contributed by atoms with E-state index in [0.29, 0.717) is 5.56 Å². The number of rotatable bonds is 8. The summed E-state index contributed by atoms with van der Waals surface area (Å²) in [6.07, 6.45) is 4.73. The number of hydrazone groups is 1. The van der Waals surface area contributed by atoms with Crippen LogP contribution in [0.3, 0.4) is 0 Å². The van der Waals surface area contributed by atoms with Gasteiger partial charge in [0.05, 0.1) is 22.3 Å². The number of esters is 1. The maximum atomic E-state index is 12.3. The van der Waals surface area contributed by atoms with Gasteiger partial charge >= 0.3 is 17.6 Å². The minimum atomic E-state index is -0.933. The summed E-state index contributed by atoms with van der Waals surface area (Å²) in [6.45, 7) is 0. The fourth-order valence-corrected chi connectivity index (χ4v) is 2.53. The molecule has 166 valence electrons. The van der Waals surface area contributed by atoms with Crippen LogP contribution >= 0.6 is 0 Å². The second-order valence-corrected chi connectivity index (χ2v) is 6.23. The van der Waals surface area contributed by atoms with E-state index in [1.165, 1.54) is 60.9 Å². The first kappa shape index (κ1) is 22.6. The topological polar surface area (TPSA) is 167 Å². The molecule has 0 aliphatic rings. The Kier molecular flexibility index (Phi) is 7.01. The number of para-hydroxylation sites is 1. The monoisotopic (exact) mass is 450 g/mol. The van der Waals surface area contributed by atoms with Gasteiger partial charge in [0.2, 0.25) is 5.75 Å². The average Bonchev–Trinajstić information content (AvgIpc) is 3.34. The average molecular weight is 450 g/mol. The first-order valence-electron chi connectivity index (χ1n) is 9.14. The minimum absolute atomic E-state index is 0.00854. The van der Waals surface area contributed by atoms with Crippen molar-refractivity contribution in [2.24, 2.45) is 5.10 Å². The second kappa shape index (κ2) is 10.3. The van der Waals surface area contributed by atoms with Crippen molar-refractivity contribution in [1.82, 2.24) is 5.43 Å². The molecule has 1 heterocycles. The van der Waals surface area contributed by atoms with Gasteiger partial charge in [0.15, 0.2) is 5.76 Å². The Balaban J connectivity index is 1.76. The third-order valence-electron chi connectivity index (χ3n) is 4.05. The number of benzene rings is 2. The van der Waals surface area contributed by atoms with E-state index in [9.17, 15) is 29.8 Å². The van der Waals surface area contributed by atoms with Crippen LogP contribution in [0.25, 0.3) is 6.08 Å². The lowest BCUT2D eigenvalue weighted by atomic mass is 10.2. The Bertz CT molecular complexity index is 1250. The predicted molar refractivity (Wildman–Crippen MR) is 115 cm³/mol. The van der Waals surface area contributed by atoms with Crippen LogP contribution in [0, 0.1) is 20.2 Å². The molecular weight excluding hydrogens is 436 g/mol. The van der Waals surface area contributed by atoms with Gasteiger partial charge in [-0.15, -0.1) is 0 Å². The Hall–Kier alpha value is -5.13. The molecule has 12 nitrogen and oxygen atoms in total. The largest absolute Gasteiger partial charge is 0.459 e. The quantitative estimate of drug-likeness (QED) is 0.136. The van der Waals surface area contributed by atoms with E-state index in [0.717, 1.165) is 18.4 Å². The molecule has 0 fully saturated rings. The molecule has 0 aliphatic carbocycles. The van der Waals surface area contributed by atoms with Crippen LogP contribution in [0.15, 0.2) is 76.5 Å². The number of nitrogens with zero attached hydrogens (tertiary/aromatic N) is 3. The molecule has 2 aromatic carbocycles. The fourth-order valence-electron chi connectivity index (χ4n) is 2.53. The van der Waals surface area contributed by atoms with Crippen molar-refractivity contribution in [3.8, 4) is 5.75 Å². The van der Waals surface area contributed by atoms with Gasteiger partial charge in [-0.1, -0.05) is 6.07 Å². The van der Waals surface area contributed by atoms with Crippen molar-refractivity contribution in [3.05, 3.63) is 104 Å². The smallest absolute Gasteiger partial charge is 0.336 e. The molecule has 1 aromatic heterocycles. The lowest BCUT2D eigenvalue weighted by Crippen LogP contribution is -2.17. The Morgan fingerprint density at radius 2 is 1.76 bits per heavy atom. The van der Waals surface area contributed by atoms with Crippen molar-refractivity contribution in [1.29, 1.82) is 0 Å². The van der Waals surface area contributed by atoms with Gasteiger partial charge in [0.1, 0.15) is 0 Å². The van der Waals surface area contributed by atoms with E-state index in [2.05, 4.69) is 10.5 Å². The molecule has 0 bridgehead atoms. The molecule has 33 heavy (non-hydrogen) atoms. The van der Waals surface area contributed by atoms with Crippen molar-refractivity contribution < 1.29 is 28.6 Å². The highest BCUT2D eigenvalue weighted by molar-refractivity contribution is 5.94. The van der Waals surface area contributed by atoms with Gasteiger partial charge in [-0.05, 0) is 42.0 Å². The number of furan rings is 1. The van der Waals surface area contributed by atoms with Gasteiger partial charge in [-0.25, -0.2) is 10.2 Å². The minimum Gasteiger partial charge on any atom is -0.459 e. The predicted octanol–water partition coefficient (Wildman–Crippen LogP) is 3.48.